The molecule has 2 N–H and O–H groups in total. The van der Waals surface area contributed by atoms with Crippen molar-refractivity contribution >= 4 is 5.91 Å². The third-order valence-corrected chi connectivity index (χ3v) is 3.01. The fraction of sp³-hybridized carbons (Fsp3) is 0.643. The van der Waals surface area contributed by atoms with Crippen LogP contribution in [0.2, 0.25) is 0 Å². The Morgan fingerprint density at radius 1 is 1.44 bits per heavy atom. The highest BCUT2D eigenvalue weighted by Gasteiger charge is 2.14. The van der Waals surface area contributed by atoms with E-state index in [-0.39, 0.29) is 5.91 Å². The van der Waals surface area contributed by atoms with Crippen molar-refractivity contribution in [2.45, 2.75) is 39.8 Å². The molecule has 0 aliphatic heterocycles. The highest BCUT2D eigenvalue weighted by Crippen LogP contribution is 2.21. The van der Waals surface area contributed by atoms with E-state index in [4.69, 9.17) is 0 Å². The van der Waals surface area contributed by atoms with Gasteiger partial charge in [-0.3, -0.25) is 4.79 Å². The summed E-state index contributed by atoms with van der Waals surface area (Å²) in [7, 11) is 1.97. The van der Waals surface area contributed by atoms with Crippen LogP contribution in [0.15, 0.2) is 18.5 Å². The summed E-state index contributed by atoms with van der Waals surface area (Å²) in [5.74, 6) is 0.601. The van der Waals surface area contributed by atoms with Crippen molar-refractivity contribution < 1.29 is 4.79 Å². The number of nitrogens with zero attached hydrogens (tertiary/aromatic N) is 1. The summed E-state index contributed by atoms with van der Waals surface area (Å²) < 4.78 is 1.94. The summed E-state index contributed by atoms with van der Waals surface area (Å²) >= 11 is 0. The van der Waals surface area contributed by atoms with Crippen LogP contribution < -0.4 is 10.6 Å². The molecule has 0 spiro atoms. The molecular weight excluding hydrogens is 226 g/mol. The number of amides is 1. The molecule has 4 nitrogen and oxygen atoms in total. The summed E-state index contributed by atoms with van der Waals surface area (Å²) in [6.07, 6.45) is 4.98. The molecule has 1 amide bonds. The van der Waals surface area contributed by atoms with Gasteiger partial charge < -0.3 is 15.2 Å². The van der Waals surface area contributed by atoms with Crippen LogP contribution in [0, 0.1) is 5.92 Å². The van der Waals surface area contributed by atoms with E-state index in [1.165, 1.54) is 5.56 Å². The van der Waals surface area contributed by atoms with Crippen LogP contribution in [0.3, 0.4) is 0 Å². The molecule has 0 aliphatic carbocycles. The highest BCUT2D eigenvalue weighted by atomic mass is 16.1. The maximum atomic E-state index is 11.6. The number of aromatic nitrogens is 1. The van der Waals surface area contributed by atoms with Crippen LogP contribution in [-0.4, -0.2) is 24.1 Å². The summed E-state index contributed by atoms with van der Waals surface area (Å²) in [5, 5.41) is 6.19. The van der Waals surface area contributed by atoms with Gasteiger partial charge in [-0.2, -0.15) is 0 Å². The number of hydrogen-bond acceptors (Lipinski definition) is 2. The highest BCUT2D eigenvalue weighted by molar-refractivity contribution is 5.75. The zero-order valence-corrected chi connectivity index (χ0v) is 11.9. The van der Waals surface area contributed by atoms with Crippen LogP contribution in [0.1, 0.15) is 38.8 Å². The van der Waals surface area contributed by atoms with Crippen molar-refractivity contribution in [1.29, 1.82) is 0 Å². The standard InChI is InChI=1S/C14H25N3O/c1-5-7-16-13(18)10-17-8-6-12(9-17)14(15-4)11(2)3/h6,8-9,11,14-15H,5,7,10H2,1-4H3,(H,16,18). The van der Waals surface area contributed by atoms with Crippen molar-refractivity contribution in [3.8, 4) is 0 Å². The topological polar surface area (TPSA) is 46.1 Å². The maximum absolute atomic E-state index is 11.6. The van der Waals surface area contributed by atoms with Gasteiger partial charge in [0.2, 0.25) is 5.91 Å². The summed E-state index contributed by atoms with van der Waals surface area (Å²) in [6.45, 7) is 7.57. The SMILES string of the molecule is CCCNC(=O)Cn1ccc(C(NC)C(C)C)c1. The minimum atomic E-state index is 0.0737. The van der Waals surface area contributed by atoms with Gasteiger partial charge >= 0.3 is 0 Å². The fourth-order valence-corrected chi connectivity index (χ4v) is 2.11. The molecule has 4 heteroatoms. The average molecular weight is 251 g/mol. The summed E-state index contributed by atoms with van der Waals surface area (Å²) in [4.78, 5) is 11.6. The van der Waals surface area contributed by atoms with E-state index in [2.05, 4.69) is 30.5 Å². The van der Waals surface area contributed by atoms with Crippen LogP contribution in [-0.2, 0) is 11.3 Å². The van der Waals surface area contributed by atoms with Gasteiger partial charge in [-0.05, 0) is 31.0 Å². The average Bonchev–Trinajstić information content (AvgIpc) is 2.75. The Bertz CT molecular complexity index is 371. The lowest BCUT2D eigenvalue weighted by Gasteiger charge is -2.18. The molecule has 102 valence electrons. The molecule has 0 radical (unpaired) electrons. The van der Waals surface area contributed by atoms with Gasteiger partial charge in [-0.15, -0.1) is 0 Å². The first-order valence-corrected chi connectivity index (χ1v) is 6.68. The molecule has 0 fully saturated rings. The predicted octanol–water partition coefficient (Wildman–Crippen LogP) is 1.93. The number of carbonyl (C=O) groups is 1. The van der Waals surface area contributed by atoms with Crippen molar-refractivity contribution in [3.63, 3.8) is 0 Å². The number of carbonyl (C=O) groups excluding carboxylic acids is 1. The Morgan fingerprint density at radius 2 is 2.17 bits per heavy atom. The number of hydrogen-bond donors (Lipinski definition) is 2. The second kappa shape index (κ2) is 7.21. The van der Waals surface area contributed by atoms with Gasteiger partial charge in [-0.25, -0.2) is 0 Å². The van der Waals surface area contributed by atoms with Gasteiger partial charge in [0.05, 0.1) is 0 Å². The van der Waals surface area contributed by atoms with Crippen LogP contribution in [0.5, 0.6) is 0 Å². The molecular formula is C14H25N3O. The fourth-order valence-electron chi connectivity index (χ4n) is 2.11. The van der Waals surface area contributed by atoms with Crippen molar-refractivity contribution in [2.24, 2.45) is 5.92 Å². The maximum Gasteiger partial charge on any atom is 0.239 e. The Kier molecular flexibility index (Phi) is 5.92. The summed E-state index contributed by atoms with van der Waals surface area (Å²) in [5.41, 5.74) is 1.23. The van der Waals surface area contributed by atoms with Gasteiger partial charge in [0, 0.05) is 25.0 Å². The van der Waals surface area contributed by atoms with Crippen molar-refractivity contribution in [2.75, 3.05) is 13.6 Å². The first-order chi connectivity index (χ1) is 8.58. The molecule has 1 heterocycles. The Labute approximate surface area is 110 Å². The lowest BCUT2D eigenvalue weighted by Crippen LogP contribution is -2.27. The molecule has 1 rings (SSSR count). The first-order valence-electron chi connectivity index (χ1n) is 6.68. The van der Waals surface area contributed by atoms with Gasteiger partial charge in [-0.1, -0.05) is 20.8 Å². The third kappa shape index (κ3) is 4.18. The lowest BCUT2D eigenvalue weighted by molar-refractivity contribution is -0.121. The van der Waals surface area contributed by atoms with Gasteiger partial charge in [0.25, 0.3) is 0 Å². The molecule has 0 aliphatic rings. The van der Waals surface area contributed by atoms with E-state index >= 15 is 0 Å². The van der Waals surface area contributed by atoms with E-state index in [1.807, 2.05) is 30.9 Å². The number of nitrogens with one attached hydrogen (secondary N) is 2. The largest absolute Gasteiger partial charge is 0.355 e. The zero-order chi connectivity index (χ0) is 13.5. The molecule has 1 unspecified atom stereocenters. The monoisotopic (exact) mass is 251 g/mol. The normalized spacial score (nSPS) is 12.7. The number of rotatable bonds is 7. The second-order valence-electron chi connectivity index (χ2n) is 4.98. The Morgan fingerprint density at radius 3 is 2.72 bits per heavy atom. The molecule has 0 saturated carbocycles. The third-order valence-electron chi connectivity index (χ3n) is 3.01. The predicted molar refractivity (Wildman–Crippen MR) is 74.4 cm³/mol. The van der Waals surface area contributed by atoms with Crippen LogP contribution in [0.25, 0.3) is 0 Å². The van der Waals surface area contributed by atoms with Gasteiger partial charge in [0.15, 0.2) is 0 Å². The van der Waals surface area contributed by atoms with E-state index in [1.54, 1.807) is 0 Å². The molecule has 0 bridgehead atoms. The van der Waals surface area contributed by atoms with E-state index in [0.29, 0.717) is 18.5 Å². The molecule has 1 atom stereocenters. The molecule has 0 saturated heterocycles. The van der Waals surface area contributed by atoms with Gasteiger partial charge in [0.1, 0.15) is 6.54 Å². The van der Waals surface area contributed by atoms with Crippen LogP contribution in [0.4, 0.5) is 0 Å². The Balaban J connectivity index is 2.60. The van der Waals surface area contributed by atoms with E-state index in [9.17, 15) is 4.79 Å². The lowest BCUT2D eigenvalue weighted by atomic mass is 9.99. The molecule has 1 aromatic rings. The van der Waals surface area contributed by atoms with Crippen LogP contribution >= 0.6 is 0 Å². The van der Waals surface area contributed by atoms with E-state index < -0.39 is 0 Å². The molecule has 18 heavy (non-hydrogen) atoms. The van der Waals surface area contributed by atoms with Crippen molar-refractivity contribution in [1.82, 2.24) is 15.2 Å². The Hall–Kier alpha value is -1.29. The zero-order valence-electron chi connectivity index (χ0n) is 11.9. The summed E-state index contributed by atoms with van der Waals surface area (Å²) in [6, 6.07) is 2.42. The van der Waals surface area contributed by atoms with E-state index in [0.717, 1.165) is 13.0 Å². The smallest absolute Gasteiger partial charge is 0.239 e. The molecule has 0 aromatic carbocycles. The minimum Gasteiger partial charge on any atom is -0.355 e. The second-order valence-corrected chi connectivity index (χ2v) is 4.98. The molecule has 1 aromatic heterocycles. The van der Waals surface area contributed by atoms with Crippen molar-refractivity contribution in [3.05, 3.63) is 24.0 Å². The first kappa shape index (κ1) is 14.8. The minimum absolute atomic E-state index is 0.0737. The quantitative estimate of drug-likeness (QED) is 0.778.